The number of carbonyl (C=O) groups is 1. The van der Waals surface area contributed by atoms with Crippen molar-refractivity contribution in [1.29, 1.82) is 0 Å². The number of hydrogen-bond donors (Lipinski definition) is 1. The van der Waals surface area contributed by atoms with Crippen molar-refractivity contribution >= 4 is 17.7 Å². The highest BCUT2D eigenvalue weighted by atomic mass is 32.2. The molecule has 0 radical (unpaired) electrons. The Morgan fingerprint density at radius 3 is 2.95 bits per heavy atom. The van der Waals surface area contributed by atoms with Gasteiger partial charge in [-0.15, -0.1) is 11.8 Å². The number of benzene rings is 1. The van der Waals surface area contributed by atoms with E-state index in [4.69, 9.17) is 0 Å². The zero-order valence-electron chi connectivity index (χ0n) is 11.1. The first-order valence-corrected chi connectivity index (χ1v) is 7.74. The van der Waals surface area contributed by atoms with Gasteiger partial charge in [-0.2, -0.15) is 0 Å². The van der Waals surface area contributed by atoms with E-state index in [0.717, 1.165) is 19.4 Å². The third-order valence-corrected chi connectivity index (χ3v) is 5.46. The maximum absolute atomic E-state index is 12.5. The van der Waals surface area contributed by atoms with Gasteiger partial charge in [0.25, 0.3) is 0 Å². The van der Waals surface area contributed by atoms with Crippen molar-refractivity contribution in [3.05, 3.63) is 29.8 Å². The molecule has 3 rings (SSSR count). The third kappa shape index (κ3) is 2.51. The highest BCUT2D eigenvalue weighted by Crippen LogP contribution is 2.38. The maximum Gasteiger partial charge on any atom is 0.236 e. The summed E-state index contributed by atoms with van der Waals surface area (Å²) in [6, 6.07) is 8.23. The van der Waals surface area contributed by atoms with Crippen LogP contribution in [0.15, 0.2) is 29.2 Å². The van der Waals surface area contributed by atoms with Gasteiger partial charge in [0.15, 0.2) is 0 Å². The van der Waals surface area contributed by atoms with Crippen LogP contribution in [-0.4, -0.2) is 40.4 Å². The summed E-state index contributed by atoms with van der Waals surface area (Å²) < 4.78 is 0. The number of aliphatic hydroxyl groups excluding tert-OH is 1. The van der Waals surface area contributed by atoms with E-state index < -0.39 is 0 Å². The Kier molecular flexibility index (Phi) is 3.54. The van der Waals surface area contributed by atoms with Gasteiger partial charge in [-0.3, -0.25) is 4.79 Å². The van der Waals surface area contributed by atoms with Crippen LogP contribution in [0, 0.1) is 5.92 Å². The van der Waals surface area contributed by atoms with Crippen molar-refractivity contribution in [3.63, 3.8) is 0 Å². The lowest BCUT2D eigenvalue weighted by atomic mass is 9.95. The normalized spacial score (nSPS) is 30.2. The molecule has 1 saturated heterocycles. The second-order valence-corrected chi connectivity index (χ2v) is 6.78. The van der Waals surface area contributed by atoms with E-state index in [1.807, 2.05) is 24.0 Å². The van der Waals surface area contributed by atoms with Crippen LogP contribution in [0.2, 0.25) is 0 Å². The minimum Gasteiger partial charge on any atom is -0.391 e. The zero-order chi connectivity index (χ0) is 13.4. The average Bonchev–Trinajstić information content (AvgIpc) is 2.85. The number of carbonyl (C=O) groups excluding carboxylic acids is 1. The quantitative estimate of drug-likeness (QED) is 0.853. The summed E-state index contributed by atoms with van der Waals surface area (Å²) in [5, 5.41) is 9.91. The van der Waals surface area contributed by atoms with Crippen molar-refractivity contribution in [2.75, 3.05) is 13.1 Å². The summed E-state index contributed by atoms with van der Waals surface area (Å²) >= 11 is 1.67. The number of thioether (sulfide) groups is 1. The fourth-order valence-electron chi connectivity index (χ4n) is 2.77. The summed E-state index contributed by atoms with van der Waals surface area (Å²) in [6.07, 6.45) is 1.35. The molecule has 2 aliphatic rings. The molecule has 19 heavy (non-hydrogen) atoms. The molecule has 3 atom stereocenters. The number of amides is 1. The molecule has 1 aromatic rings. The van der Waals surface area contributed by atoms with Gasteiger partial charge in [0, 0.05) is 18.0 Å². The number of rotatable bonds is 1. The van der Waals surface area contributed by atoms with Gasteiger partial charge >= 0.3 is 0 Å². The van der Waals surface area contributed by atoms with Gasteiger partial charge in [0.2, 0.25) is 5.91 Å². The molecule has 102 valence electrons. The van der Waals surface area contributed by atoms with E-state index in [1.54, 1.807) is 11.8 Å². The summed E-state index contributed by atoms with van der Waals surface area (Å²) in [6.45, 7) is 3.32. The Morgan fingerprint density at radius 1 is 1.42 bits per heavy atom. The number of β-amino-alcohol motifs (C(OH)–C–C–N with tert-alkyl or cyclic N) is 1. The van der Waals surface area contributed by atoms with Crippen molar-refractivity contribution in [2.24, 2.45) is 5.92 Å². The smallest absolute Gasteiger partial charge is 0.236 e. The van der Waals surface area contributed by atoms with Gasteiger partial charge < -0.3 is 10.0 Å². The van der Waals surface area contributed by atoms with Crippen LogP contribution in [0.1, 0.15) is 18.9 Å². The van der Waals surface area contributed by atoms with E-state index in [1.165, 1.54) is 10.5 Å². The highest BCUT2D eigenvalue weighted by molar-refractivity contribution is 8.01. The first-order valence-electron chi connectivity index (χ1n) is 6.86. The minimum absolute atomic E-state index is 0.00185. The van der Waals surface area contributed by atoms with E-state index in [-0.39, 0.29) is 17.3 Å². The van der Waals surface area contributed by atoms with E-state index in [2.05, 4.69) is 12.1 Å². The first-order chi connectivity index (χ1) is 9.15. The van der Waals surface area contributed by atoms with Crippen LogP contribution in [0.4, 0.5) is 0 Å². The number of nitrogens with zero attached hydrogens (tertiary/aromatic N) is 1. The lowest BCUT2D eigenvalue weighted by molar-refractivity contribution is -0.134. The molecule has 1 fully saturated rings. The van der Waals surface area contributed by atoms with Crippen molar-refractivity contribution in [1.82, 2.24) is 4.90 Å². The molecule has 3 nitrogen and oxygen atoms in total. The molecule has 1 amide bonds. The Morgan fingerprint density at radius 2 is 2.21 bits per heavy atom. The fourth-order valence-corrected chi connectivity index (χ4v) is 4.05. The summed E-state index contributed by atoms with van der Waals surface area (Å²) in [7, 11) is 0. The topological polar surface area (TPSA) is 40.5 Å². The lowest BCUT2D eigenvalue weighted by Crippen LogP contribution is -2.48. The van der Waals surface area contributed by atoms with Crippen LogP contribution < -0.4 is 0 Å². The minimum atomic E-state index is -0.369. The summed E-state index contributed by atoms with van der Waals surface area (Å²) in [4.78, 5) is 15.6. The molecular weight excluding hydrogens is 258 g/mol. The number of aliphatic hydroxyl groups is 1. The van der Waals surface area contributed by atoms with Gasteiger partial charge in [-0.1, -0.05) is 25.1 Å². The molecule has 0 bridgehead atoms. The van der Waals surface area contributed by atoms with Gasteiger partial charge in [-0.05, 0) is 30.4 Å². The molecule has 0 spiro atoms. The van der Waals surface area contributed by atoms with Gasteiger partial charge in [0.05, 0.1) is 11.4 Å². The standard InChI is InChI=1S/C15H19NO2S/c1-10-6-7-16(9-12(10)17)15(18)14-8-11-4-2-3-5-13(11)19-14/h2-5,10,12,14,17H,6-9H2,1H3. The third-order valence-electron chi connectivity index (χ3n) is 4.15. The van der Waals surface area contributed by atoms with Gasteiger partial charge in [0.1, 0.15) is 0 Å². The van der Waals surface area contributed by atoms with Crippen LogP contribution in [0.3, 0.4) is 0 Å². The van der Waals surface area contributed by atoms with Crippen LogP contribution in [0.5, 0.6) is 0 Å². The summed E-state index contributed by atoms with van der Waals surface area (Å²) in [5.74, 6) is 0.490. The molecule has 0 aliphatic carbocycles. The molecule has 0 aromatic heterocycles. The number of fused-ring (bicyclic) bond motifs is 1. The maximum atomic E-state index is 12.5. The van der Waals surface area contributed by atoms with Crippen molar-refractivity contribution < 1.29 is 9.90 Å². The molecule has 2 heterocycles. The van der Waals surface area contributed by atoms with Crippen molar-refractivity contribution in [3.8, 4) is 0 Å². The molecule has 0 saturated carbocycles. The van der Waals surface area contributed by atoms with E-state index in [9.17, 15) is 9.90 Å². The second kappa shape index (κ2) is 5.17. The van der Waals surface area contributed by atoms with E-state index >= 15 is 0 Å². The number of piperidine rings is 1. The SMILES string of the molecule is CC1CCN(C(=O)C2Cc3ccccc3S2)CC1O. The van der Waals surface area contributed by atoms with E-state index in [0.29, 0.717) is 12.5 Å². The molecule has 3 unspecified atom stereocenters. The molecular formula is C15H19NO2S. The van der Waals surface area contributed by atoms with Crippen LogP contribution in [-0.2, 0) is 11.2 Å². The Labute approximate surface area is 118 Å². The van der Waals surface area contributed by atoms with Crippen LogP contribution >= 0.6 is 11.8 Å². The summed E-state index contributed by atoms with van der Waals surface area (Å²) in [5.41, 5.74) is 1.27. The predicted octanol–water partition coefficient (Wildman–Crippen LogP) is 1.93. The molecule has 1 N–H and O–H groups in total. The zero-order valence-corrected chi connectivity index (χ0v) is 11.9. The average molecular weight is 277 g/mol. The highest BCUT2D eigenvalue weighted by Gasteiger charge is 2.34. The van der Waals surface area contributed by atoms with Crippen LogP contribution in [0.25, 0.3) is 0 Å². The molecule has 2 aliphatic heterocycles. The molecule has 1 aromatic carbocycles. The number of hydrogen-bond acceptors (Lipinski definition) is 3. The Hall–Kier alpha value is -1.00. The predicted molar refractivity (Wildman–Crippen MR) is 76.2 cm³/mol. The van der Waals surface area contributed by atoms with Gasteiger partial charge in [-0.25, -0.2) is 0 Å². The molecule has 4 heteroatoms. The Balaban J connectivity index is 1.67. The fraction of sp³-hybridized carbons (Fsp3) is 0.533. The lowest BCUT2D eigenvalue weighted by Gasteiger charge is -2.35. The van der Waals surface area contributed by atoms with Crippen molar-refractivity contribution in [2.45, 2.75) is 36.0 Å². The largest absolute Gasteiger partial charge is 0.391 e. The monoisotopic (exact) mass is 277 g/mol. The number of likely N-dealkylation sites (tertiary alicyclic amines) is 1. The Bertz CT molecular complexity index is 466. The first kappa shape index (κ1) is 13.0. The second-order valence-electron chi connectivity index (χ2n) is 5.54.